The van der Waals surface area contributed by atoms with Gasteiger partial charge in [-0.2, -0.15) is 0 Å². The monoisotopic (exact) mass is 425 g/mol. The Morgan fingerprint density at radius 3 is 2.34 bits per heavy atom. The number of likely N-dealkylation sites (tertiary alicyclic amines) is 1. The van der Waals surface area contributed by atoms with Crippen LogP contribution in [-0.2, 0) is 10.2 Å². The predicted octanol–water partition coefficient (Wildman–Crippen LogP) is 4.91. The zero-order chi connectivity index (χ0) is 21.9. The van der Waals surface area contributed by atoms with E-state index < -0.39 is 5.97 Å². The average Bonchev–Trinajstić information content (AvgIpc) is 3.24. The van der Waals surface area contributed by atoms with Gasteiger partial charge in [0.2, 0.25) is 0 Å². The first-order valence-corrected chi connectivity index (χ1v) is 11.0. The van der Waals surface area contributed by atoms with Crippen LogP contribution in [0, 0.1) is 5.92 Å². The van der Waals surface area contributed by atoms with Gasteiger partial charge in [-0.25, -0.2) is 9.59 Å². The highest BCUT2D eigenvalue weighted by molar-refractivity contribution is 5.88. The van der Waals surface area contributed by atoms with E-state index >= 15 is 0 Å². The Morgan fingerprint density at radius 1 is 0.969 bits per heavy atom. The number of fused-ring (bicyclic) bond motifs is 4. The highest BCUT2D eigenvalue weighted by atomic mass is 16.6. The number of hydrogen-bond donors (Lipinski definition) is 1. The molecule has 160 valence electrons. The molecule has 3 aromatic carbocycles. The molecule has 1 heterocycles. The zero-order valence-electron chi connectivity index (χ0n) is 17.5. The lowest BCUT2D eigenvalue weighted by molar-refractivity contribution is 0.0696. The highest BCUT2D eigenvalue weighted by Crippen LogP contribution is 2.59. The van der Waals surface area contributed by atoms with Crippen molar-refractivity contribution in [2.75, 3.05) is 19.7 Å². The van der Waals surface area contributed by atoms with Crippen LogP contribution in [0.3, 0.4) is 0 Å². The smallest absolute Gasteiger partial charge is 0.409 e. The average molecular weight is 425 g/mol. The van der Waals surface area contributed by atoms with Gasteiger partial charge in [-0.3, -0.25) is 0 Å². The summed E-state index contributed by atoms with van der Waals surface area (Å²) in [7, 11) is 0. The normalized spacial score (nSPS) is 22.8. The number of carbonyl (C=O) groups excluding carboxylic acids is 1. The van der Waals surface area contributed by atoms with E-state index in [1.165, 1.54) is 22.3 Å². The van der Waals surface area contributed by atoms with Crippen molar-refractivity contribution in [2.45, 2.75) is 17.8 Å². The molecule has 2 atom stereocenters. The fourth-order valence-corrected chi connectivity index (χ4v) is 5.72. The SMILES string of the molecule is O=C(O)c1cccc(C23CC2CN(C(=O)OCC2c4ccccc4-c4ccccc42)C3)c1. The van der Waals surface area contributed by atoms with Crippen molar-refractivity contribution in [3.8, 4) is 11.1 Å². The van der Waals surface area contributed by atoms with Crippen molar-refractivity contribution in [2.24, 2.45) is 5.92 Å². The highest BCUT2D eigenvalue weighted by Gasteiger charge is 2.62. The summed E-state index contributed by atoms with van der Waals surface area (Å²) < 4.78 is 5.83. The van der Waals surface area contributed by atoms with Crippen molar-refractivity contribution in [3.63, 3.8) is 0 Å². The van der Waals surface area contributed by atoms with Gasteiger partial charge in [0.05, 0.1) is 5.56 Å². The molecule has 5 nitrogen and oxygen atoms in total. The lowest BCUT2D eigenvalue weighted by Gasteiger charge is -2.22. The molecule has 1 saturated carbocycles. The maximum Gasteiger partial charge on any atom is 0.409 e. The Balaban J connectivity index is 1.17. The Kier molecular flexibility index (Phi) is 4.15. The Labute approximate surface area is 186 Å². The van der Waals surface area contributed by atoms with Gasteiger partial charge >= 0.3 is 12.1 Å². The first-order valence-electron chi connectivity index (χ1n) is 11.0. The number of benzene rings is 3. The summed E-state index contributed by atoms with van der Waals surface area (Å²) >= 11 is 0. The molecule has 2 aliphatic carbocycles. The Bertz CT molecular complexity index is 1210. The molecule has 0 spiro atoms. The van der Waals surface area contributed by atoms with Crippen molar-refractivity contribution in [3.05, 3.63) is 95.1 Å². The predicted molar refractivity (Wildman–Crippen MR) is 120 cm³/mol. The second-order valence-corrected chi connectivity index (χ2v) is 9.13. The maximum atomic E-state index is 13.0. The van der Waals surface area contributed by atoms with Crippen LogP contribution in [0.25, 0.3) is 11.1 Å². The maximum absolute atomic E-state index is 13.0. The minimum Gasteiger partial charge on any atom is -0.478 e. The fraction of sp³-hybridized carbons (Fsp3) is 0.259. The molecule has 1 aliphatic heterocycles. The second kappa shape index (κ2) is 6.95. The van der Waals surface area contributed by atoms with Crippen LogP contribution in [0.2, 0.25) is 0 Å². The molecule has 1 N–H and O–H groups in total. The summed E-state index contributed by atoms with van der Waals surface area (Å²) in [6, 6.07) is 23.8. The lowest BCUT2D eigenvalue weighted by atomic mass is 9.93. The number of hydrogen-bond acceptors (Lipinski definition) is 3. The number of amides is 1. The molecule has 5 heteroatoms. The number of nitrogens with zero attached hydrogens (tertiary/aromatic N) is 1. The van der Waals surface area contributed by atoms with Crippen LogP contribution in [0.1, 0.15) is 39.4 Å². The van der Waals surface area contributed by atoms with Gasteiger partial charge in [-0.1, -0.05) is 60.7 Å². The van der Waals surface area contributed by atoms with Crippen molar-refractivity contribution in [1.82, 2.24) is 4.90 Å². The number of ether oxygens (including phenoxy) is 1. The topological polar surface area (TPSA) is 66.8 Å². The van der Waals surface area contributed by atoms with Gasteiger partial charge in [-0.15, -0.1) is 0 Å². The summed E-state index contributed by atoms with van der Waals surface area (Å²) in [5.41, 5.74) is 6.00. The van der Waals surface area contributed by atoms with Crippen LogP contribution < -0.4 is 0 Å². The lowest BCUT2D eigenvalue weighted by Crippen LogP contribution is -2.34. The minimum absolute atomic E-state index is 0.0460. The van der Waals surface area contributed by atoms with E-state index in [0.717, 1.165) is 12.0 Å². The van der Waals surface area contributed by atoms with Gasteiger partial charge in [0.15, 0.2) is 0 Å². The largest absolute Gasteiger partial charge is 0.478 e. The summed E-state index contributed by atoms with van der Waals surface area (Å²) in [5.74, 6) is -0.511. The van der Waals surface area contributed by atoms with Crippen LogP contribution in [0.4, 0.5) is 4.79 Å². The molecule has 3 aliphatic rings. The minimum atomic E-state index is -0.924. The van der Waals surface area contributed by atoms with Crippen molar-refractivity contribution < 1.29 is 19.4 Å². The first kappa shape index (κ1) is 19.1. The van der Waals surface area contributed by atoms with E-state index in [2.05, 4.69) is 24.3 Å². The number of carboxylic acid groups (broad SMARTS) is 1. The molecule has 2 unspecified atom stereocenters. The Hall–Kier alpha value is -3.60. The van der Waals surface area contributed by atoms with Crippen molar-refractivity contribution >= 4 is 12.1 Å². The molecule has 0 bridgehead atoms. The second-order valence-electron chi connectivity index (χ2n) is 9.13. The summed E-state index contributed by atoms with van der Waals surface area (Å²) in [6.07, 6.45) is 0.705. The van der Waals surface area contributed by atoms with Crippen molar-refractivity contribution in [1.29, 1.82) is 0 Å². The standard InChI is InChI=1S/C27H23NO4/c29-25(30)17-6-5-7-18(12-17)27-13-19(27)14-28(16-27)26(31)32-15-24-22-10-3-1-8-20(22)21-9-2-4-11-23(21)24/h1-12,19,24H,13-16H2,(H,29,30). The van der Waals surface area contributed by atoms with Crippen LogP contribution in [0.15, 0.2) is 72.8 Å². The zero-order valence-corrected chi connectivity index (χ0v) is 17.5. The summed E-state index contributed by atoms with van der Waals surface area (Å²) in [6.45, 7) is 1.56. The van der Waals surface area contributed by atoms with Gasteiger partial charge < -0.3 is 14.7 Å². The molecule has 3 aromatic rings. The van der Waals surface area contributed by atoms with E-state index in [9.17, 15) is 14.7 Å². The van der Waals surface area contributed by atoms with E-state index in [0.29, 0.717) is 31.2 Å². The third-order valence-corrected chi connectivity index (χ3v) is 7.42. The Morgan fingerprint density at radius 2 is 1.66 bits per heavy atom. The third-order valence-electron chi connectivity index (χ3n) is 7.42. The molecule has 2 fully saturated rings. The molecule has 6 rings (SSSR count). The van der Waals surface area contributed by atoms with E-state index in [1.54, 1.807) is 23.1 Å². The molecule has 32 heavy (non-hydrogen) atoms. The summed E-state index contributed by atoms with van der Waals surface area (Å²) in [5, 5.41) is 9.32. The van der Waals surface area contributed by atoms with E-state index in [-0.39, 0.29) is 17.4 Å². The quantitative estimate of drug-likeness (QED) is 0.645. The number of carbonyl (C=O) groups is 2. The summed E-state index contributed by atoms with van der Waals surface area (Å²) in [4.78, 5) is 26.1. The molecule has 1 amide bonds. The molecule has 0 radical (unpaired) electrons. The number of piperidine rings is 1. The van der Waals surface area contributed by atoms with Gasteiger partial charge in [0.1, 0.15) is 6.61 Å². The first-order chi connectivity index (χ1) is 15.6. The van der Waals surface area contributed by atoms with Gasteiger partial charge in [0.25, 0.3) is 0 Å². The van der Waals surface area contributed by atoms with Gasteiger partial charge in [0, 0.05) is 24.4 Å². The molecular weight excluding hydrogens is 402 g/mol. The number of carboxylic acids is 1. The molecule has 0 aromatic heterocycles. The third kappa shape index (κ3) is 2.84. The van der Waals surface area contributed by atoms with Crippen LogP contribution >= 0.6 is 0 Å². The van der Waals surface area contributed by atoms with Gasteiger partial charge in [-0.05, 0) is 52.3 Å². The molecular formula is C27H23NO4. The fourth-order valence-electron chi connectivity index (χ4n) is 5.72. The number of rotatable bonds is 4. The van der Waals surface area contributed by atoms with E-state index in [4.69, 9.17) is 4.74 Å². The van der Waals surface area contributed by atoms with Crippen LogP contribution in [-0.4, -0.2) is 41.8 Å². The molecule has 1 saturated heterocycles. The van der Waals surface area contributed by atoms with Crippen LogP contribution in [0.5, 0.6) is 0 Å². The van der Waals surface area contributed by atoms with E-state index in [1.807, 2.05) is 30.3 Å². The number of aromatic carboxylic acids is 1.